The third-order valence-corrected chi connectivity index (χ3v) is 8.26. The standard InChI is InChI=1S/C38H39N3O5/c1-5-28-11-17-32(18-12-28)41(34-21-15-31(16-22-34)37(44)38(3,4)40-23-25-45-26-24-40)33-19-13-30(14-20-33)36(43)35(39-46-27(2)42)29-9-7-6-8-10-29/h6-22H,5,23-26H2,1-4H3/b39-35+. The minimum absolute atomic E-state index is 0.0378. The van der Waals surface area contributed by atoms with Crippen molar-refractivity contribution in [2.24, 2.45) is 5.16 Å². The number of ether oxygens (including phenoxy) is 1. The fourth-order valence-corrected chi connectivity index (χ4v) is 5.54. The average molecular weight is 618 g/mol. The van der Waals surface area contributed by atoms with Gasteiger partial charge in [0.2, 0.25) is 5.78 Å². The molecule has 8 heteroatoms. The zero-order valence-electron chi connectivity index (χ0n) is 26.7. The highest BCUT2D eigenvalue weighted by Crippen LogP contribution is 2.35. The zero-order chi connectivity index (χ0) is 32.7. The first-order valence-corrected chi connectivity index (χ1v) is 15.5. The van der Waals surface area contributed by atoms with Gasteiger partial charge in [-0.15, -0.1) is 0 Å². The van der Waals surface area contributed by atoms with Crippen molar-refractivity contribution >= 4 is 40.3 Å². The molecular weight excluding hydrogens is 578 g/mol. The molecule has 5 rings (SSSR count). The van der Waals surface area contributed by atoms with Crippen LogP contribution in [0.4, 0.5) is 17.1 Å². The highest BCUT2D eigenvalue weighted by atomic mass is 16.7. The maximum Gasteiger partial charge on any atom is 0.332 e. The van der Waals surface area contributed by atoms with Crippen LogP contribution in [-0.4, -0.2) is 60.0 Å². The molecule has 1 aliphatic rings. The highest BCUT2D eigenvalue weighted by Gasteiger charge is 2.36. The Balaban J connectivity index is 1.46. The molecule has 1 saturated heterocycles. The second-order valence-electron chi connectivity index (χ2n) is 11.7. The van der Waals surface area contributed by atoms with E-state index in [0.717, 1.165) is 36.6 Å². The first-order valence-electron chi connectivity index (χ1n) is 15.5. The summed E-state index contributed by atoms with van der Waals surface area (Å²) >= 11 is 0. The van der Waals surface area contributed by atoms with Gasteiger partial charge in [0.15, 0.2) is 11.5 Å². The maximum atomic E-state index is 13.6. The number of ketones is 2. The number of nitrogens with zero attached hydrogens (tertiary/aromatic N) is 3. The predicted octanol–water partition coefficient (Wildman–Crippen LogP) is 7.16. The van der Waals surface area contributed by atoms with Crippen LogP contribution >= 0.6 is 0 Å². The summed E-state index contributed by atoms with van der Waals surface area (Å²) in [4.78, 5) is 47.8. The Hall–Kier alpha value is -4.92. The average Bonchev–Trinajstić information content (AvgIpc) is 3.09. The number of hydrogen-bond donors (Lipinski definition) is 0. The van der Waals surface area contributed by atoms with Crippen molar-refractivity contribution in [1.82, 2.24) is 4.90 Å². The summed E-state index contributed by atoms with van der Waals surface area (Å²) in [5.74, 6) is -0.922. The smallest absolute Gasteiger partial charge is 0.332 e. The summed E-state index contributed by atoms with van der Waals surface area (Å²) in [6, 6.07) is 32.1. The quantitative estimate of drug-likeness (QED) is 0.0764. The van der Waals surface area contributed by atoms with Crippen LogP contribution in [0.2, 0.25) is 0 Å². The number of benzene rings is 4. The first kappa shape index (κ1) is 32.5. The van der Waals surface area contributed by atoms with Gasteiger partial charge in [0, 0.05) is 53.8 Å². The Labute approximate surface area is 270 Å². The molecule has 8 nitrogen and oxygen atoms in total. The number of carbonyl (C=O) groups is 3. The molecule has 0 atom stereocenters. The number of hydrogen-bond acceptors (Lipinski definition) is 8. The second-order valence-corrected chi connectivity index (χ2v) is 11.7. The van der Waals surface area contributed by atoms with Crippen molar-refractivity contribution in [2.45, 2.75) is 39.7 Å². The fourth-order valence-electron chi connectivity index (χ4n) is 5.54. The van der Waals surface area contributed by atoms with Gasteiger partial charge in [0.05, 0.1) is 18.8 Å². The molecule has 0 N–H and O–H groups in total. The lowest BCUT2D eigenvalue weighted by molar-refractivity contribution is -0.140. The molecule has 0 unspecified atom stereocenters. The van der Waals surface area contributed by atoms with Crippen LogP contribution in [0.25, 0.3) is 0 Å². The van der Waals surface area contributed by atoms with Crippen molar-refractivity contribution in [2.75, 3.05) is 31.2 Å². The van der Waals surface area contributed by atoms with E-state index in [4.69, 9.17) is 9.57 Å². The molecule has 0 aliphatic carbocycles. The van der Waals surface area contributed by atoms with Gasteiger partial charge in [-0.05, 0) is 86.5 Å². The molecule has 0 saturated carbocycles. The van der Waals surface area contributed by atoms with E-state index >= 15 is 0 Å². The largest absolute Gasteiger partial charge is 0.379 e. The van der Waals surface area contributed by atoms with E-state index in [2.05, 4.69) is 46.1 Å². The van der Waals surface area contributed by atoms with E-state index < -0.39 is 11.5 Å². The Kier molecular flexibility index (Phi) is 10.2. The van der Waals surface area contributed by atoms with Crippen molar-refractivity contribution < 1.29 is 24.0 Å². The van der Waals surface area contributed by atoms with Gasteiger partial charge in [-0.2, -0.15) is 0 Å². The summed E-state index contributed by atoms with van der Waals surface area (Å²) < 4.78 is 5.49. The zero-order valence-corrected chi connectivity index (χ0v) is 26.7. The second kappa shape index (κ2) is 14.5. The molecular formula is C38H39N3O5. The van der Waals surface area contributed by atoms with Gasteiger partial charge in [-0.1, -0.05) is 54.5 Å². The number of aryl methyl sites for hydroxylation is 1. The van der Waals surface area contributed by atoms with Crippen molar-refractivity contribution in [3.05, 3.63) is 125 Å². The van der Waals surface area contributed by atoms with Gasteiger partial charge < -0.3 is 14.5 Å². The van der Waals surface area contributed by atoms with Crippen molar-refractivity contribution in [3.8, 4) is 0 Å². The van der Waals surface area contributed by atoms with E-state index in [-0.39, 0.29) is 17.3 Å². The monoisotopic (exact) mass is 617 g/mol. The summed E-state index contributed by atoms with van der Waals surface area (Å²) in [6.45, 7) is 9.99. The van der Waals surface area contributed by atoms with Gasteiger partial charge in [0.1, 0.15) is 0 Å². The lowest BCUT2D eigenvalue weighted by Crippen LogP contribution is -2.54. The molecule has 1 fully saturated rings. The summed E-state index contributed by atoms with van der Waals surface area (Å²) in [5, 5.41) is 3.88. The molecule has 0 spiro atoms. The highest BCUT2D eigenvalue weighted by molar-refractivity contribution is 6.51. The number of Topliss-reactive ketones (excluding diaryl/α,β-unsaturated/α-hetero) is 2. The van der Waals surface area contributed by atoms with Gasteiger partial charge in [-0.25, -0.2) is 4.79 Å². The molecule has 46 heavy (non-hydrogen) atoms. The molecule has 0 radical (unpaired) electrons. The van der Waals surface area contributed by atoms with Gasteiger partial charge in [0.25, 0.3) is 0 Å². The van der Waals surface area contributed by atoms with Crippen LogP contribution in [0.15, 0.2) is 108 Å². The van der Waals surface area contributed by atoms with E-state index in [1.807, 2.05) is 56.3 Å². The van der Waals surface area contributed by atoms with E-state index in [0.29, 0.717) is 29.9 Å². The predicted molar refractivity (Wildman–Crippen MR) is 180 cm³/mol. The molecule has 236 valence electrons. The number of morpholine rings is 1. The van der Waals surface area contributed by atoms with E-state index in [1.165, 1.54) is 12.5 Å². The lowest BCUT2D eigenvalue weighted by Gasteiger charge is -2.39. The van der Waals surface area contributed by atoms with Crippen LogP contribution in [0, 0.1) is 0 Å². The molecule has 0 bridgehead atoms. The first-order chi connectivity index (χ1) is 22.2. The van der Waals surface area contributed by atoms with Crippen LogP contribution < -0.4 is 4.90 Å². The number of oxime groups is 1. The third-order valence-electron chi connectivity index (χ3n) is 8.26. The van der Waals surface area contributed by atoms with Gasteiger partial charge in [-0.3, -0.25) is 14.5 Å². The van der Waals surface area contributed by atoms with Crippen LogP contribution in [0.5, 0.6) is 0 Å². The van der Waals surface area contributed by atoms with Crippen molar-refractivity contribution in [1.29, 1.82) is 0 Å². The molecule has 4 aromatic carbocycles. The number of anilines is 3. The third kappa shape index (κ3) is 7.30. The fraction of sp³-hybridized carbons (Fsp3) is 0.263. The Morgan fingerprint density at radius 2 is 1.28 bits per heavy atom. The molecule has 1 heterocycles. The topological polar surface area (TPSA) is 88.5 Å². The van der Waals surface area contributed by atoms with Crippen molar-refractivity contribution in [3.63, 3.8) is 0 Å². The normalized spacial score (nSPS) is 14.0. The van der Waals surface area contributed by atoms with E-state index in [1.54, 1.807) is 36.4 Å². The van der Waals surface area contributed by atoms with Gasteiger partial charge >= 0.3 is 5.97 Å². The molecule has 0 amide bonds. The molecule has 4 aromatic rings. The van der Waals surface area contributed by atoms with Crippen LogP contribution in [-0.2, 0) is 20.8 Å². The summed E-state index contributed by atoms with van der Waals surface area (Å²) in [7, 11) is 0. The Morgan fingerprint density at radius 3 is 1.80 bits per heavy atom. The van der Waals surface area contributed by atoms with E-state index in [9.17, 15) is 14.4 Å². The summed E-state index contributed by atoms with van der Waals surface area (Å²) in [6.07, 6.45) is 0.922. The minimum atomic E-state index is -0.652. The molecule has 0 aromatic heterocycles. The Morgan fingerprint density at radius 1 is 0.761 bits per heavy atom. The lowest BCUT2D eigenvalue weighted by atomic mass is 9.90. The Bertz CT molecular complexity index is 1690. The molecule has 1 aliphatic heterocycles. The SMILES string of the molecule is CCc1ccc(N(c2ccc(C(=O)/C(=N/OC(C)=O)c3ccccc3)cc2)c2ccc(C(=O)C(C)(C)N3CCOCC3)cc2)cc1. The number of carbonyl (C=O) groups excluding carboxylic acids is 3. The van der Waals surface area contributed by atoms with Crippen LogP contribution in [0.1, 0.15) is 59.5 Å². The number of rotatable bonds is 11. The maximum absolute atomic E-state index is 13.6. The summed E-state index contributed by atoms with van der Waals surface area (Å²) in [5.41, 5.74) is 4.81. The minimum Gasteiger partial charge on any atom is -0.379 e. The van der Waals surface area contributed by atoms with Crippen LogP contribution in [0.3, 0.4) is 0 Å².